The molecule has 1 aromatic rings. The van der Waals surface area contributed by atoms with Crippen LogP contribution in [0.3, 0.4) is 0 Å². The van der Waals surface area contributed by atoms with Crippen molar-refractivity contribution in [3.63, 3.8) is 0 Å². The van der Waals surface area contributed by atoms with Crippen LogP contribution in [-0.4, -0.2) is 24.9 Å². The zero-order valence-electron chi connectivity index (χ0n) is 10.3. The van der Waals surface area contributed by atoms with Crippen LogP contribution in [-0.2, 0) is 16.4 Å². The van der Waals surface area contributed by atoms with E-state index in [1.165, 1.54) is 12.6 Å². The average molecular weight is 257 g/mol. The van der Waals surface area contributed by atoms with E-state index in [-0.39, 0.29) is 10.4 Å². The average Bonchev–Trinajstić information content (AvgIpc) is 2.73. The molecule has 1 saturated carbocycles. The summed E-state index contributed by atoms with van der Waals surface area (Å²) in [5.74, 6) is 0.695. The van der Waals surface area contributed by atoms with Gasteiger partial charge in [-0.3, -0.25) is 0 Å². The minimum atomic E-state index is -3.43. The van der Waals surface area contributed by atoms with Gasteiger partial charge in [0, 0.05) is 13.0 Å². The highest BCUT2D eigenvalue weighted by atomic mass is 32.2. The molecule has 96 valence electrons. The Hall–Kier alpha value is -0.880. The third kappa shape index (κ3) is 2.69. The van der Waals surface area contributed by atoms with E-state index < -0.39 is 10.0 Å². The molecule has 0 unspecified atom stereocenters. The molecule has 1 heterocycles. The lowest BCUT2D eigenvalue weighted by Gasteiger charge is -2.38. The molecule has 1 fully saturated rings. The summed E-state index contributed by atoms with van der Waals surface area (Å²) in [4.78, 5) is 6.82. The van der Waals surface area contributed by atoms with Crippen molar-refractivity contribution in [2.45, 2.75) is 44.6 Å². The Balaban J connectivity index is 2.03. The fraction of sp³-hybridized carbons (Fsp3) is 0.727. The topological polar surface area (TPSA) is 74.8 Å². The lowest BCUT2D eigenvalue weighted by molar-refractivity contribution is 0.166. The summed E-state index contributed by atoms with van der Waals surface area (Å²) in [5, 5.41) is 0.164. The molecule has 2 rings (SSSR count). The van der Waals surface area contributed by atoms with Crippen molar-refractivity contribution in [1.29, 1.82) is 0 Å². The first-order chi connectivity index (χ1) is 7.95. The van der Waals surface area contributed by atoms with Crippen molar-refractivity contribution in [1.82, 2.24) is 14.7 Å². The molecule has 0 aromatic carbocycles. The maximum atomic E-state index is 12.0. The van der Waals surface area contributed by atoms with Gasteiger partial charge in [0.1, 0.15) is 5.82 Å². The molecule has 0 amide bonds. The van der Waals surface area contributed by atoms with Gasteiger partial charge in [0.05, 0.1) is 6.20 Å². The number of imidazole rings is 1. The van der Waals surface area contributed by atoms with E-state index >= 15 is 0 Å². The molecule has 0 atom stereocenters. The fourth-order valence-electron chi connectivity index (χ4n) is 1.96. The SMILES string of the molecule is CCc1ncc(S(=O)(=O)NCC2(C)CCC2)[nH]1. The predicted octanol–water partition coefficient (Wildman–Crippen LogP) is 1.44. The molecular formula is C11H19N3O2S. The lowest BCUT2D eigenvalue weighted by Crippen LogP contribution is -2.40. The van der Waals surface area contributed by atoms with Gasteiger partial charge in [0.15, 0.2) is 5.03 Å². The van der Waals surface area contributed by atoms with Gasteiger partial charge < -0.3 is 4.98 Å². The van der Waals surface area contributed by atoms with Crippen molar-refractivity contribution in [3.05, 3.63) is 12.0 Å². The van der Waals surface area contributed by atoms with Gasteiger partial charge in [-0.1, -0.05) is 20.3 Å². The van der Waals surface area contributed by atoms with Crippen molar-refractivity contribution >= 4 is 10.0 Å². The van der Waals surface area contributed by atoms with Gasteiger partial charge in [-0.15, -0.1) is 0 Å². The first kappa shape index (κ1) is 12.6. The monoisotopic (exact) mass is 257 g/mol. The van der Waals surface area contributed by atoms with Crippen LogP contribution in [0.15, 0.2) is 11.2 Å². The Morgan fingerprint density at radius 2 is 2.24 bits per heavy atom. The minimum Gasteiger partial charge on any atom is -0.332 e. The van der Waals surface area contributed by atoms with E-state index in [0.29, 0.717) is 18.8 Å². The zero-order valence-corrected chi connectivity index (χ0v) is 11.1. The summed E-state index contributed by atoms with van der Waals surface area (Å²) in [6.07, 6.45) is 5.47. The minimum absolute atomic E-state index is 0.140. The van der Waals surface area contributed by atoms with Crippen molar-refractivity contribution in [2.24, 2.45) is 5.41 Å². The van der Waals surface area contributed by atoms with Gasteiger partial charge in [-0.25, -0.2) is 18.1 Å². The Labute approximate surface area is 102 Å². The van der Waals surface area contributed by atoms with E-state index in [0.717, 1.165) is 12.8 Å². The van der Waals surface area contributed by atoms with Gasteiger partial charge in [0.2, 0.25) is 0 Å². The van der Waals surface area contributed by atoms with Crippen molar-refractivity contribution < 1.29 is 8.42 Å². The molecule has 0 spiro atoms. The van der Waals surface area contributed by atoms with Gasteiger partial charge in [0.25, 0.3) is 10.0 Å². The van der Waals surface area contributed by atoms with Crippen LogP contribution in [0, 0.1) is 5.41 Å². The van der Waals surface area contributed by atoms with Gasteiger partial charge in [-0.05, 0) is 18.3 Å². The second kappa shape index (κ2) is 4.42. The van der Waals surface area contributed by atoms with Crippen LogP contribution in [0.5, 0.6) is 0 Å². The van der Waals surface area contributed by atoms with E-state index in [9.17, 15) is 8.42 Å². The van der Waals surface area contributed by atoms with E-state index in [1.54, 1.807) is 0 Å². The molecule has 0 aliphatic heterocycles. The van der Waals surface area contributed by atoms with Crippen LogP contribution in [0.1, 0.15) is 38.9 Å². The van der Waals surface area contributed by atoms with Crippen LogP contribution in [0.4, 0.5) is 0 Å². The third-order valence-corrected chi connectivity index (χ3v) is 4.79. The van der Waals surface area contributed by atoms with Crippen molar-refractivity contribution in [3.8, 4) is 0 Å². The Morgan fingerprint density at radius 3 is 2.71 bits per heavy atom. The maximum Gasteiger partial charge on any atom is 0.257 e. The Morgan fingerprint density at radius 1 is 1.53 bits per heavy atom. The van der Waals surface area contributed by atoms with E-state index in [4.69, 9.17) is 0 Å². The summed E-state index contributed by atoms with van der Waals surface area (Å²) in [6, 6.07) is 0. The Kier molecular flexibility index (Phi) is 3.27. The number of aromatic amines is 1. The molecule has 1 aliphatic rings. The highest BCUT2D eigenvalue weighted by molar-refractivity contribution is 7.89. The summed E-state index contributed by atoms with van der Waals surface area (Å²) in [7, 11) is -3.43. The highest BCUT2D eigenvalue weighted by Gasteiger charge is 2.33. The van der Waals surface area contributed by atoms with Gasteiger partial charge in [-0.2, -0.15) is 0 Å². The number of aryl methyl sites for hydroxylation is 1. The molecule has 0 bridgehead atoms. The van der Waals surface area contributed by atoms with Gasteiger partial charge >= 0.3 is 0 Å². The largest absolute Gasteiger partial charge is 0.332 e. The summed E-state index contributed by atoms with van der Waals surface area (Å²) in [6.45, 7) is 4.55. The first-order valence-corrected chi connectivity index (χ1v) is 7.47. The number of rotatable bonds is 5. The predicted molar refractivity (Wildman–Crippen MR) is 65.1 cm³/mol. The van der Waals surface area contributed by atoms with Crippen LogP contribution >= 0.6 is 0 Å². The molecule has 17 heavy (non-hydrogen) atoms. The Bertz CT molecular complexity index is 489. The smallest absolute Gasteiger partial charge is 0.257 e. The second-order valence-corrected chi connectivity index (χ2v) is 6.77. The summed E-state index contributed by atoms with van der Waals surface area (Å²) < 4.78 is 26.6. The lowest BCUT2D eigenvalue weighted by atomic mass is 9.71. The number of hydrogen-bond acceptors (Lipinski definition) is 3. The number of nitrogens with one attached hydrogen (secondary N) is 2. The number of aromatic nitrogens is 2. The van der Waals surface area contributed by atoms with Crippen LogP contribution < -0.4 is 4.72 Å². The number of H-pyrrole nitrogens is 1. The quantitative estimate of drug-likeness (QED) is 0.838. The molecule has 1 aliphatic carbocycles. The maximum absolute atomic E-state index is 12.0. The van der Waals surface area contributed by atoms with Crippen molar-refractivity contribution in [2.75, 3.05) is 6.54 Å². The molecule has 2 N–H and O–H groups in total. The van der Waals surface area contributed by atoms with E-state index in [1.807, 2.05) is 6.92 Å². The number of nitrogens with zero attached hydrogens (tertiary/aromatic N) is 1. The number of hydrogen-bond donors (Lipinski definition) is 2. The second-order valence-electron chi connectivity index (χ2n) is 5.04. The molecule has 5 nitrogen and oxygen atoms in total. The fourth-order valence-corrected chi connectivity index (χ4v) is 3.10. The molecule has 6 heteroatoms. The molecule has 0 radical (unpaired) electrons. The normalized spacial score (nSPS) is 18.9. The third-order valence-electron chi connectivity index (χ3n) is 3.48. The van der Waals surface area contributed by atoms with Crippen LogP contribution in [0.2, 0.25) is 0 Å². The summed E-state index contributed by atoms with van der Waals surface area (Å²) in [5.41, 5.74) is 0.140. The highest BCUT2D eigenvalue weighted by Crippen LogP contribution is 2.39. The number of sulfonamides is 1. The molecule has 1 aromatic heterocycles. The zero-order chi connectivity index (χ0) is 12.5. The van der Waals surface area contributed by atoms with Crippen LogP contribution in [0.25, 0.3) is 0 Å². The summed E-state index contributed by atoms with van der Waals surface area (Å²) >= 11 is 0. The standard InChI is InChI=1S/C11H19N3O2S/c1-3-9-12-7-10(14-9)17(15,16)13-8-11(2)5-4-6-11/h7,13H,3-6,8H2,1-2H3,(H,12,14). The molecule has 0 saturated heterocycles. The molecular weight excluding hydrogens is 238 g/mol. The van der Waals surface area contributed by atoms with E-state index in [2.05, 4.69) is 21.6 Å². The first-order valence-electron chi connectivity index (χ1n) is 5.99.